The summed E-state index contributed by atoms with van der Waals surface area (Å²) in [5.74, 6) is -0.949. The highest BCUT2D eigenvalue weighted by molar-refractivity contribution is 7.89. The largest absolute Gasteiger partial charge is 0.492 e. The Kier molecular flexibility index (Phi) is 5.58. The zero-order chi connectivity index (χ0) is 16.3. The number of nitrogens with one attached hydrogen (secondary N) is 1. The minimum atomic E-state index is -3.85. The standard InChI is InChI=1S/C14H23FN2O3S/c1-5-14(6-2,7-3)17-21(18,19)10-8-11(15)13(20-4)12(16)9-10/h8-9,17H,5-7,16H2,1-4H3. The number of nitrogen functional groups attached to an aromatic ring is 1. The third-order valence-corrected chi connectivity index (χ3v) is 5.50. The summed E-state index contributed by atoms with van der Waals surface area (Å²) < 4.78 is 46.2. The number of nitrogens with two attached hydrogens (primary N) is 1. The van der Waals surface area contributed by atoms with Crippen LogP contribution in [0.1, 0.15) is 40.0 Å². The van der Waals surface area contributed by atoms with E-state index in [0.29, 0.717) is 19.3 Å². The van der Waals surface area contributed by atoms with Crippen LogP contribution in [0.4, 0.5) is 10.1 Å². The van der Waals surface area contributed by atoms with Gasteiger partial charge in [-0.1, -0.05) is 20.8 Å². The Labute approximate surface area is 125 Å². The highest BCUT2D eigenvalue weighted by Gasteiger charge is 2.31. The highest BCUT2D eigenvalue weighted by atomic mass is 32.2. The molecule has 0 aliphatic heterocycles. The van der Waals surface area contributed by atoms with Crippen molar-refractivity contribution in [2.45, 2.75) is 50.5 Å². The van der Waals surface area contributed by atoms with Crippen LogP contribution in [0.2, 0.25) is 0 Å². The van der Waals surface area contributed by atoms with Crippen LogP contribution in [0.15, 0.2) is 17.0 Å². The van der Waals surface area contributed by atoms with Crippen molar-refractivity contribution < 1.29 is 17.5 Å². The molecule has 7 heteroatoms. The van der Waals surface area contributed by atoms with Crippen LogP contribution in [0.5, 0.6) is 5.75 Å². The molecule has 21 heavy (non-hydrogen) atoms. The minimum absolute atomic E-state index is 0.0482. The molecule has 0 unspecified atom stereocenters. The number of hydrogen-bond acceptors (Lipinski definition) is 4. The van der Waals surface area contributed by atoms with Gasteiger partial charge in [-0.25, -0.2) is 17.5 Å². The van der Waals surface area contributed by atoms with Gasteiger partial charge in [0.25, 0.3) is 0 Å². The smallest absolute Gasteiger partial charge is 0.241 e. The first-order valence-corrected chi connectivity index (χ1v) is 8.40. The quantitative estimate of drug-likeness (QED) is 0.757. The van der Waals surface area contributed by atoms with Crippen LogP contribution in [-0.4, -0.2) is 21.1 Å². The summed E-state index contributed by atoms with van der Waals surface area (Å²) in [6.07, 6.45) is 1.94. The third kappa shape index (κ3) is 3.65. The lowest BCUT2D eigenvalue weighted by Crippen LogP contribution is -2.46. The molecule has 0 heterocycles. The van der Waals surface area contributed by atoms with Gasteiger partial charge in [-0.2, -0.15) is 0 Å². The van der Waals surface area contributed by atoms with E-state index < -0.39 is 21.4 Å². The van der Waals surface area contributed by atoms with Gasteiger partial charge in [-0.05, 0) is 31.4 Å². The van der Waals surface area contributed by atoms with Gasteiger partial charge in [0.05, 0.1) is 17.7 Å². The van der Waals surface area contributed by atoms with Gasteiger partial charge >= 0.3 is 0 Å². The number of sulfonamides is 1. The molecule has 0 bridgehead atoms. The zero-order valence-electron chi connectivity index (χ0n) is 12.9. The van der Waals surface area contributed by atoms with E-state index in [1.165, 1.54) is 13.2 Å². The monoisotopic (exact) mass is 318 g/mol. The fourth-order valence-electron chi connectivity index (χ4n) is 2.27. The van der Waals surface area contributed by atoms with Crippen molar-refractivity contribution in [3.05, 3.63) is 17.9 Å². The first-order valence-electron chi connectivity index (χ1n) is 6.92. The van der Waals surface area contributed by atoms with Crippen molar-refractivity contribution >= 4 is 15.7 Å². The van der Waals surface area contributed by atoms with Crippen molar-refractivity contribution in [3.63, 3.8) is 0 Å². The maximum atomic E-state index is 13.8. The molecule has 1 rings (SSSR count). The summed E-state index contributed by atoms with van der Waals surface area (Å²) in [6, 6.07) is 2.12. The fourth-order valence-corrected chi connectivity index (χ4v) is 3.93. The van der Waals surface area contributed by atoms with Gasteiger partial charge in [0.1, 0.15) is 0 Å². The van der Waals surface area contributed by atoms with E-state index in [4.69, 9.17) is 10.5 Å². The molecule has 0 spiro atoms. The van der Waals surface area contributed by atoms with Crippen molar-refractivity contribution in [1.29, 1.82) is 0 Å². The molecule has 0 amide bonds. The average molecular weight is 318 g/mol. The summed E-state index contributed by atoms with van der Waals surface area (Å²) in [5.41, 5.74) is 5.05. The lowest BCUT2D eigenvalue weighted by molar-refractivity contribution is 0.341. The van der Waals surface area contributed by atoms with Gasteiger partial charge in [-0.15, -0.1) is 0 Å². The van der Waals surface area contributed by atoms with Crippen molar-refractivity contribution in [3.8, 4) is 5.75 Å². The summed E-state index contributed by atoms with van der Waals surface area (Å²) in [7, 11) is -2.57. The first-order chi connectivity index (χ1) is 9.75. The number of anilines is 1. The summed E-state index contributed by atoms with van der Waals surface area (Å²) in [6.45, 7) is 5.75. The molecule has 0 saturated carbocycles. The summed E-state index contributed by atoms with van der Waals surface area (Å²) in [5, 5.41) is 0. The Balaban J connectivity index is 3.26. The molecular weight excluding hydrogens is 295 g/mol. The molecule has 3 N–H and O–H groups in total. The van der Waals surface area contributed by atoms with Gasteiger partial charge < -0.3 is 10.5 Å². The van der Waals surface area contributed by atoms with Crippen LogP contribution in [0, 0.1) is 5.82 Å². The zero-order valence-corrected chi connectivity index (χ0v) is 13.7. The molecule has 1 aromatic rings. The predicted octanol–water partition coefficient (Wildman–Crippen LogP) is 2.66. The van der Waals surface area contributed by atoms with Crippen LogP contribution >= 0.6 is 0 Å². The predicted molar refractivity (Wildman–Crippen MR) is 81.3 cm³/mol. The molecule has 0 aromatic heterocycles. The molecule has 0 aliphatic rings. The Bertz CT molecular complexity index is 567. The Morgan fingerprint density at radius 1 is 1.24 bits per heavy atom. The van der Waals surface area contributed by atoms with E-state index >= 15 is 0 Å². The number of benzene rings is 1. The van der Waals surface area contributed by atoms with Crippen molar-refractivity contribution in [1.82, 2.24) is 4.72 Å². The maximum absolute atomic E-state index is 13.8. The summed E-state index contributed by atoms with van der Waals surface area (Å²) >= 11 is 0. The molecule has 5 nitrogen and oxygen atoms in total. The van der Waals surface area contributed by atoms with Crippen LogP contribution < -0.4 is 15.2 Å². The number of ether oxygens (including phenoxy) is 1. The van der Waals surface area contributed by atoms with E-state index in [-0.39, 0.29) is 16.3 Å². The van der Waals surface area contributed by atoms with E-state index in [9.17, 15) is 12.8 Å². The fraction of sp³-hybridized carbons (Fsp3) is 0.571. The van der Waals surface area contributed by atoms with Crippen LogP contribution in [-0.2, 0) is 10.0 Å². The molecule has 0 fully saturated rings. The number of rotatable bonds is 7. The topological polar surface area (TPSA) is 81.4 Å². The molecule has 0 radical (unpaired) electrons. The van der Waals surface area contributed by atoms with Crippen molar-refractivity contribution in [2.75, 3.05) is 12.8 Å². The van der Waals surface area contributed by atoms with Gasteiger partial charge in [0, 0.05) is 5.54 Å². The Morgan fingerprint density at radius 3 is 2.14 bits per heavy atom. The molecular formula is C14H23FN2O3S. The molecule has 0 atom stereocenters. The normalized spacial score (nSPS) is 12.4. The van der Waals surface area contributed by atoms with Gasteiger partial charge in [-0.3, -0.25) is 0 Å². The average Bonchev–Trinajstić information content (AvgIpc) is 2.44. The number of halogens is 1. The second kappa shape index (κ2) is 6.62. The second-order valence-electron chi connectivity index (χ2n) is 4.97. The SMILES string of the molecule is CCC(CC)(CC)NS(=O)(=O)c1cc(N)c(OC)c(F)c1. The first kappa shape index (κ1) is 17.7. The van der Waals surface area contributed by atoms with Crippen molar-refractivity contribution in [2.24, 2.45) is 0 Å². The molecule has 120 valence electrons. The minimum Gasteiger partial charge on any atom is -0.492 e. The number of hydrogen-bond donors (Lipinski definition) is 2. The lowest BCUT2D eigenvalue weighted by Gasteiger charge is -2.31. The molecule has 0 aliphatic carbocycles. The molecule has 1 aromatic carbocycles. The molecule has 0 saturated heterocycles. The lowest BCUT2D eigenvalue weighted by atomic mass is 9.91. The maximum Gasteiger partial charge on any atom is 0.241 e. The van der Waals surface area contributed by atoms with E-state index in [1.807, 2.05) is 20.8 Å². The van der Waals surface area contributed by atoms with Crippen LogP contribution in [0.25, 0.3) is 0 Å². The second-order valence-corrected chi connectivity index (χ2v) is 6.66. The third-order valence-electron chi connectivity index (χ3n) is 3.94. The van der Waals surface area contributed by atoms with Gasteiger partial charge in [0.15, 0.2) is 11.6 Å². The van der Waals surface area contributed by atoms with E-state index in [0.717, 1.165) is 6.07 Å². The van der Waals surface area contributed by atoms with E-state index in [1.54, 1.807) is 0 Å². The Hall–Kier alpha value is -1.34. The van der Waals surface area contributed by atoms with Gasteiger partial charge in [0.2, 0.25) is 10.0 Å². The van der Waals surface area contributed by atoms with E-state index in [2.05, 4.69) is 4.72 Å². The highest BCUT2D eigenvalue weighted by Crippen LogP contribution is 2.30. The Morgan fingerprint density at radius 2 is 1.76 bits per heavy atom. The number of methoxy groups -OCH3 is 1. The van der Waals surface area contributed by atoms with Crippen LogP contribution in [0.3, 0.4) is 0 Å². The summed E-state index contributed by atoms with van der Waals surface area (Å²) in [4.78, 5) is -0.196.